The number of hydrogen-bond donors (Lipinski definition) is 0. The third-order valence-electron chi connectivity index (χ3n) is 4.40. The molecule has 0 radical (unpaired) electrons. The molecule has 0 saturated heterocycles. The molecule has 0 N–H and O–H groups in total. The second kappa shape index (κ2) is 7.07. The zero-order chi connectivity index (χ0) is 20.6. The van der Waals surface area contributed by atoms with Crippen molar-refractivity contribution in [3.05, 3.63) is 69.3 Å². The van der Waals surface area contributed by atoms with Crippen LogP contribution in [0.4, 0.5) is 11.4 Å². The molecule has 0 unspecified atom stereocenters. The summed E-state index contributed by atoms with van der Waals surface area (Å²) >= 11 is 0. The first-order chi connectivity index (χ1) is 13.3. The van der Waals surface area contributed by atoms with Crippen molar-refractivity contribution in [3.8, 4) is 0 Å². The minimum atomic E-state index is -0.619. The molecule has 0 bridgehead atoms. The predicted molar refractivity (Wildman–Crippen MR) is 102 cm³/mol. The number of imide groups is 1. The fraction of sp³-hybridized carbons (Fsp3) is 0.150. The van der Waals surface area contributed by atoms with E-state index in [1.54, 1.807) is 6.07 Å². The number of carbonyl (C=O) groups is 3. The van der Waals surface area contributed by atoms with Gasteiger partial charge in [0.15, 0.2) is 5.78 Å². The Morgan fingerprint density at radius 2 is 1.79 bits per heavy atom. The number of nitrogens with zero attached hydrogens (tertiary/aromatic N) is 2. The minimum Gasteiger partial charge on any atom is -0.495 e. The van der Waals surface area contributed by atoms with E-state index in [0.717, 1.165) is 4.90 Å². The molecule has 0 spiro atoms. The monoisotopic (exact) mass is 380 g/mol. The van der Waals surface area contributed by atoms with Gasteiger partial charge in [0.1, 0.15) is 5.76 Å². The summed E-state index contributed by atoms with van der Waals surface area (Å²) < 4.78 is 5.42. The zero-order valence-electron chi connectivity index (χ0n) is 15.4. The lowest BCUT2D eigenvalue weighted by atomic mass is 9.99. The molecule has 28 heavy (non-hydrogen) atoms. The number of anilines is 1. The Labute approximate surface area is 160 Å². The molecule has 8 heteroatoms. The first-order valence-corrected chi connectivity index (χ1v) is 8.29. The maximum atomic E-state index is 13.0. The first kappa shape index (κ1) is 19.0. The summed E-state index contributed by atoms with van der Waals surface area (Å²) in [6.07, 6.45) is 0. The van der Waals surface area contributed by atoms with Crippen molar-refractivity contribution < 1.29 is 24.0 Å². The number of nitro groups is 1. The molecule has 2 aromatic rings. The van der Waals surface area contributed by atoms with Crippen LogP contribution in [0.2, 0.25) is 0 Å². The highest BCUT2D eigenvalue weighted by atomic mass is 16.6. The van der Waals surface area contributed by atoms with Crippen LogP contribution in [0, 0.1) is 10.1 Å². The van der Waals surface area contributed by atoms with Crippen molar-refractivity contribution in [1.29, 1.82) is 0 Å². The number of amides is 2. The molecule has 0 atom stereocenters. The van der Waals surface area contributed by atoms with Crippen molar-refractivity contribution in [2.75, 3.05) is 12.0 Å². The van der Waals surface area contributed by atoms with Gasteiger partial charge in [0.05, 0.1) is 23.3 Å². The van der Waals surface area contributed by atoms with Crippen LogP contribution in [0.3, 0.4) is 0 Å². The van der Waals surface area contributed by atoms with E-state index in [4.69, 9.17) is 4.74 Å². The average Bonchev–Trinajstić information content (AvgIpc) is 2.94. The number of benzene rings is 2. The predicted octanol–water partition coefficient (Wildman–Crippen LogP) is 3.21. The highest BCUT2D eigenvalue weighted by Gasteiger charge is 2.38. The van der Waals surface area contributed by atoms with E-state index in [1.165, 1.54) is 57.4 Å². The number of rotatable bonds is 4. The summed E-state index contributed by atoms with van der Waals surface area (Å²) in [7, 11) is 1.33. The number of carbonyl (C=O) groups excluding carboxylic acids is 3. The fourth-order valence-corrected chi connectivity index (χ4v) is 3.14. The molecule has 2 aromatic carbocycles. The summed E-state index contributed by atoms with van der Waals surface area (Å²) in [5.74, 6) is -1.23. The maximum absolute atomic E-state index is 13.0. The number of fused-ring (bicyclic) bond motifs is 1. The van der Waals surface area contributed by atoms with E-state index >= 15 is 0 Å². The molecule has 1 aliphatic rings. The number of Topliss-reactive ketones (excluding diaryl/α,β-unsaturated/α-hetero) is 1. The normalized spacial score (nSPS) is 14.5. The molecular formula is C20H16N2O6. The number of nitro benzene ring substituents is 1. The largest absolute Gasteiger partial charge is 0.495 e. The topological polar surface area (TPSA) is 107 Å². The van der Waals surface area contributed by atoms with E-state index in [1.807, 2.05) is 0 Å². The molecule has 1 aliphatic heterocycles. The smallest absolute Gasteiger partial charge is 0.270 e. The van der Waals surface area contributed by atoms with E-state index < -0.39 is 16.7 Å². The molecule has 142 valence electrons. The number of methoxy groups -OCH3 is 1. The second-order valence-electron chi connectivity index (χ2n) is 6.16. The molecule has 0 saturated carbocycles. The quantitative estimate of drug-likeness (QED) is 0.265. The van der Waals surface area contributed by atoms with Crippen molar-refractivity contribution in [2.24, 2.45) is 0 Å². The van der Waals surface area contributed by atoms with Crippen LogP contribution in [0.5, 0.6) is 0 Å². The highest BCUT2D eigenvalue weighted by molar-refractivity contribution is 6.43. The van der Waals surface area contributed by atoms with E-state index in [-0.39, 0.29) is 22.8 Å². The van der Waals surface area contributed by atoms with E-state index in [9.17, 15) is 24.5 Å². The van der Waals surface area contributed by atoms with Gasteiger partial charge in [-0.05, 0) is 25.1 Å². The Morgan fingerprint density at radius 3 is 2.36 bits per heavy atom. The lowest BCUT2D eigenvalue weighted by Gasteiger charge is -2.12. The lowest BCUT2D eigenvalue weighted by molar-refractivity contribution is -0.384. The number of non-ortho nitro benzene ring substituents is 1. The minimum absolute atomic E-state index is 0.0660. The van der Waals surface area contributed by atoms with Gasteiger partial charge in [0.25, 0.3) is 11.6 Å². The van der Waals surface area contributed by atoms with Gasteiger partial charge in [-0.2, -0.15) is 0 Å². The van der Waals surface area contributed by atoms with Gasteiger partial charge < -0.3 is 4.74 Å². The van der Waals surface area contributed by atoms with Gasteiger partial charge in [-0.15, -0.1) is 0 Å². The average molecular weight is 380 g/mol. The van der Waals surface area contributed by atoms with Crippen molar-refractivity contribution in [1.82, 2.24) is 0 Å². The Balaban J connectivity index is 2.32. The Bertz CT molecular complexity index is 1070. The molecule has 1 heterocycles. The number of ether oxygens (including phenoxy) is 1. The van der Waals surface area contributed by atoms with Gasteiger partial charge in [-0.1, -0.05) is 12.1 Å². The molecular weight excluding hydrogens is 364 g/mol. The molecule has 0 fully saturated rings. The summed E-state index contributed by atoms with van der Waals surface area (Å²) in [6, 6.07) is 10.2. The summed E-state index contributed by atoms with van der Waals surface area (Å²) in [5.41, 5.74) is 1.26. The van der Waals surface area contributed by atoms with Crippen LogP contribution in [0.15, 0.2) is 42.5 Å². The highest BCUT2D eigenvalue weighted by Crippen LogP contribution is 2.42. The van der Waals surface area contributed by atoms with Gasteiger partial charge >= 0.3 is 0 Å². The molecule has 2 amide bonds. The number of ketones is 1. The van der Waals surface area contributed by atoms with Crippen molar-refractivity contribution in [2.45, 2.75) is 13.8 Å². The van der Waals surface area contributed by atoms with Crippen LogP contribution >= 0.6 is 0 Å². The summed E-state index contributed by atoms with van der Waals surface area (Å²) in [6.45, 7) is 2.64. The van der Waals surface area contributed by atoms with Crippen molar-refractivity contribution >= 4 is 40.3 Å². The molecule has 0 aliphatic carbocycles. The van der Waals surface area contributed by atoms with E-state index in [0.29, 0.717) is 22.4 Å². The fourth-order valence-electron chi connectivity index (χ4n) is 3.14. The molecule has 0 aromatic heterocycles. The van der Waals surface area contributed by atoms with Gasteiger partial charge in [0, 0.05) is 35.7 Å². The molecule has 8 nitrogen and oxygen atoms in total. The number of hydrogen-bond acceptors (Lipinski definition) is 6. The van der Waals surface area contributed by atoms with Crippen LogP contribution in [0.25, 0.3) is 11.3 Å². The standard InChI is InChI=1S/C20H16N2O6/c1-11(23)13-7-8-17-16(10-13)18(20(25)21(17)12(2)24)19(28-3)14-5-4-6-15(9-14)22(26)27/h4-10H,1-3H3. The second-order valence-corrected chi connectivity index (χ2v) is 6.16. The Hall–Kier alpha value is -3.81. The Morgan fingerprint density at radius 1 is 1.07 bits per heavy atom. The zero-order valence-corrected chi connectivity index (χ0v) is 15.4. The van der Waals surface area contributed by atoms with Crippen LogP contribution in [-0.2, 0) is 14.3 Å². The third kappa shape index (κ3) is 3.05. The summed E-state index contributed by atoms with van der Waals surface area (Å²) in [5, 5.41) is 11.1. The first-order valence-electron chi connectivity index (χ1n) is 8.29. The third-order valence-corrected chi connectivity index (χ3v) is 4.40. The van der Waals surface area contributed by atoms with Gasteiger partial charge in [-0.3, -0.25) is 24.5 Å². The maximum Gasteiger partial charge on any atom is 0.270 e. The SMILES string of the molecule is COC(=C1C(=O)N(C(C)=O)c2ccc(C(C)=O)cc21)c1cccc([N+](=O)[O-])c1. The van der Waals surface area contributed by atoms with Gasteiger partial charge in [0.2, 0.25) is 5.91 Å². The molecule has 3 rings (SSSR count). The summed E-state index contributed by atoms with van der Waals surface area (Å²) in [4.78, 5) is 48.4. The van der Waals surface area contributed by atoms with Gasteiger partial charge in [-0.25, -0.2) is 4.90 Å². The van der Waals surface area contributed by atoms with Crippen molar-refractivity contribution in [3.63, 3.8) is 0 Å². The van der Waals surface area contributed by atoms with E-state index in [2.05, 4.69) is 0 Å². The Kier molecular flexibility index (Phi) is 4.79. The van der Waals surface area contributed by atoms with Crippen LogP contribution in [0.1, 0.15) is 35.3 Å². The van der Waals surface area contributed by atoms with Crippen LogP contribution < -0.4 is 4.90 Å². The lowest BCUT2D eigenvalue weighted by Crippen LogP contribution is -2.31. The van der Waals surface area contributed by atoms with Crippen LogP contribution in [-0.4, -0.2) is 29.6 Å².